The molecule has 2 heterocycles. The fourth-order valence-electron chi connectivity index (χ4n) is 2.46. The second-order valence-electron chi connectivity index (χ2n) is 6.48. The number of hydrogen-bond acceptors (Lipinski definition) is 8. The Labute approximate surface area is 169 Å². The topological polar surface area (TPSA) is 118 Å². The van der Waals surface area contributed by atoms with Crippen LogP contribution in [0.15, 0.2) is 36.5 Å². The van der Waals surface area contributed by atoms with E-state index in [1.807, 2.05) is 0 Å². The van der Waals surface area contributed by atoms with Crippen LogP contribution in [0.3, 0.4) is 0 Å². The van der Waals surface area contributed by atoms with E-state index < -0.39 is 12.0 Å². The fourth-order valence-corrected chi connectivity index (χ4v) is 2.60. The summed E-state index contributed by atoms with van der Waals surface area (Å²) in [7, 11) is 0. The second-order valence-corrected chi connectivity index (χ2v) is 6.92. The van der Waals surface area contributed by atoms with Crippen molar-refractivity contribution < 1.29 is 18.7 Å². The Morgan fingerprint density at radius 1 is 1.34 bits per heavy atom. The van der Waals surface area contributed by atoms with E-state index in [1.54, 1.807) is 24.3 Å². The number of hydrogen-bond donors (Lipinski definition) is 1. The molecule has 1 atom stereocenters. The van der Waals surface area contributed by atoms with Crippen molar-refractivity contribution in [2.24, 2.45) is 11.7 Å². The van der Waals surface area contributed by atoms with E-state index in [0.29, 0.717) is 17.1 Å². The molecule has 150 valence electrons. The number of tetrazole rings is 1. The van der Waals surface area contributed by atoms with Gasteiger partial charge in [0.1, 0.15) is 12.3 Å². The van der Waals surface area contributed by atoms with Crippen LogP contribution >= 0.6 is 11.6 Å². The molecule has 2 N–H and O–H groups in total. The number of carbonyl (C=O) groups excluding carboxylic acids is 1. The molecule has 1 unspecified atom stereocenters. The van der Waals surface area contributed by atoms with Crippen LogP contribution < -0.4 is 10.5 Å². The number of nitrogens with two attached hydrogens (primary N) is 1. The Morgan fingerprint density at radius 3 is 2.79 bits per heavy atom. The summed E-state index contributed by atoms with van der Waals surface area (Å²) in [6.45, 7) is 0.0914. The third-order valence-electron chi connectivity index (χ3n) is 4.08. The van der Waals surface area contributed by atoms with Crippen LogP contribution in [0.2, 0.25) is 5.02 Å². The Bertz CT molecular complexity index is 1020. The van der Waals surface area contributed by atoms with Gasteiger partial charge in [0, 0.05) is 11.8 Å². The summed E-state index contributed by atoms with van der Waals surface area (Å²) in [6, 6.07) is 7.74. The molecule has 0 radical (unpaired) electrons. The smallest absolute Gasteiger partial charge is 0.310 e. The van der Waals surface area contributed by atoms with Gasteiger partial charge in [-0.3, -0.25) is 10.5 Å². The average Bonchev–Trinajstić information content (AvgIpc) is 3.45. The van der Waals surface area contributed by atoms with Crippen LogP contribution in [0.25, 0.3) is 11.4 Å². The normalized spacial score (nSPS) is 14.4. The molecule has 0 saturated heterocycles. The molecule has 3 aromatic rings. The summed E-state index contributed by atoms with van der Waals surface area (Å²) >= 11 is 5.67. The molecule has 9 nitrogen and oxygen atoms in total. The van der Waals surface area contributed by atoms with E-state index in [4.69, 9.17) is 26.8 Å². The molecule has 0 amide bonds. The zero-order valence-electron chi connectivity index (χ0n) is 15.0. The molecule has 4 rings (SSSR count). The third kappa shape index (κ3) is 4.84. The van der Waals surface area contributed by atoms with Crippen molar-refractivity contribution in [2.75, 3.05) is 0 Å². The van der Waals surface area contributed by atoms with Crippen LogP contribution in [-0.2, 0) is 16.1 Å². The van der Waals surface area contributed by atoms with Crippen molar-refractivity contribution in [1.82, 2.24) is 25.2 Å². The highest BCUT2D eigenvalue weighted by atomic mass is 35.5. The number of ether oxygens (including phenoxy) is 2. The quantitative estimate of drug-likeness (QED) is 0.459. The summed E-state index contributed by atoms with van der Waals surface area (Å²) in [5.41, 5.74) is 6.47. The maximum absolute atomic E-state index is 13.8. The summed E-state index contributed by atoms with van der Waals surface area (Å²) < 4.78 is 24.3. The van der Waals surface area contributed by atoms with Crippen molar-refractivity contribution in [2.45, 2.75) is 25.6 Å². The number of esters is 1. The van der Waals surface area contributed by atoms with Crippen LogP contribution in [0.5, 0.6) is 11.6 Å². The van der Waals surface area contributed by atoms with Gasteiger partial charge in [-0.1, -0.05) is 11.6 Å². The first-order valence-electron chi connectivity index (χ1n) is 8.81. The zero-order valence-corrected chi connectivity index (χ0v) is 15.8. The lowest BCUT2D eigenvalue weighted by Crippen LogP contribution is -2.33. The first kappa shape index (κ1) is 19.2. The van der Waals surface area contributed by atoms with Gasteiger partial charge >= 0.3 is 5.97 Å². The van der Waals surface area contributed by atoms with Gasteiger partial charge in [0.05, 0.1) is 10.9 Å². The lowest BCUT2D eigenvalue weighted by molar-refractivity contribution is -0.151. The Balaban J connectivity index is 1.38. The Kier molecular flexibility index (Phi) is 5.36. The van der Waals surface area contributed by atoms with Gasteiger partial charge < -0.3 is 9.47 Å². The molecule has 0 spiro atoms. The summed E-state index contributed by atoms with van der Waals surface area (Å²) in [5, 5.41) is 12.3. The summed E-state index contributed by atoms with van der Waals surface area (Å²) in [6.07, 6.45) is 2.14. The second kappa shape index (κ2) is 8.10. The highest BCUT2D eigenvalue weighted by Crippen LogP contribution is 2.30. The van der Waals surface area contributed by atoms with Gasteiger partial charge in [-0.15, -0.1) is 10.2 Å². The SMILES string of the molecule is NC(Cn1nnc(-c2ccc(Oc3ncc(Cl)cc3F)cc2)n1)OC(=O)C1CC1. The first-order valence-corrected chi connectivity index (χ1v) is 9.19. The maximum atomic E-state index is 13.8. The van der Waals surface area contributed by atoms with Gasteiger partial charge in [0.25, 0.3) is 5.88 Å². The van der Waals surface area contributed by atoms with Crippen molar-refractivity contribution in [3.05, 3.63) is 47.4 Å². The van der Waals surface area contributed by atoms with E-state index in [-0.39, 0.29) is 29.3 Å². The average molecular weight is 419 g/mol. The van der Waals surface area contributed by atoms with Gasteiger partial charge in [0.2, 0.25) is 5.82 Å². The van der Waals surface area contributed by atoms with Gasteiger partial charge in [0.15, 0.2) is 12.0 Å². The van der Waals surface area contributed by atoms with Crippen molar-refractivity contribution in [3.8, 4) is 23.0 Å². The number of benzene rings is 1. The number of carbonyl (C=O) groups is 1. The summed E-state index contributed by atoms with van der Waals surface area (Å²) in [4.78, 5) is 16.7. The minimum atomic E-state index is -0.845. The van der Waals surface area contributed by atoms with Crippen LogP contribution in [0, 0.1) is 11.7 Å². The van der Waals surface area contributed by atoms with Gasteiger partial charge in [-0.2, -0.15) is 4.80 Å². The van der Waals surface area contributed by atoms with Crippen molar-refractivity contribution in [3.63, 3.8) is 0 Å². The van der Waals surface area contributed by atoms with Crippen LogP contribution in [-0.4, -0.2) is 37.4 Å². The predicted molar refractivity (Wildman–Crippen MR) is 99.3 cm³/mol. The Hall–Kier alpha value is -3.11. The minimum Gasteiger partial charge on any atom is -0.444 e. The van der Waals surface area contributed by atoms with E-state index in [1.165, 1.54) is 11.0 Å². The molecule has 29 heavy (non-hydrogen) atoms. The largest absolute Gasteiger partial charge is 0.444 e. The standard InChI is InChI=1S/C18H16ClFN6O3/c19-12-7-14(20)17(22-8-12)28-13-5-3-10(4-6-13)16-23-25-26(24-16)9-15(21)29-18(27)11-1-2-11/h3-8,11,15H,1-2,9,21H2. The summed E-state index contributed by atoms with van der Waals surface area (Å²) in [5.74, 6) is -0.430. The zero-order chi connectivity index (χ0) is 20.4. The number of rotatable bonds is 7. The molecular formula is C18H16ClFN6O3. The highest BCUT2D eigenvalue weighted by molar-refractivity contribution is 6.30. The minimum absolute atomic E-state index is 0.0300. The maximum Gasteiger partial charge on any atom is 0.310 e. The third-order valence-corrected chi connectivity index (χ3v) is 4.28. The molecule has 0 bridgehead atoms. The van der Waals surface area contributed by atoms with E-state index in [2.05, 4.69) is 20.4 Å². The van der Waals surface area contributed by atoms with E-state index in [0.717, 1.165) is 18.9 Å². The van der Waals surface area contributed by atoms with Crippen molar-refractivity contribution in [1.29, 1.82) is 0 Å². The first-order chi connectivity index (χ1) is 14.0. The van der Waals surface area contributed by atoms with Gasteiger partial charge in [-0.05, 0) is 48.4 Å². The fraction of sp³-hybridized carbons (Fsp3) is 0.278. The molecule has 1 fully saturated rings. The van der Waals surface area contributed by atoms with Crippen molar-refractivity contribution >= 4 is 17.6 Å². The number of halogens is 2. The molecule has 1 aliphatic rings. The van der Waals surface area contributed by atoms with E-state index >= 15 is 0 Å². The van der Waals surface area contributed by atoms with Crippen LogP contribution in [0.4, 0.5) is 4.39 Å². The van der Waals surface area contributed by atoms with E-state index in [9.17, 15) is 9.18 Å². The lowest BCUT2D eigenvalue weighted by Gasteiger charge is -2.11. The molecular weight excluding hydrogens is 403 g/mol. The van der Waals surface area contributed by atoms with Crippen LogP contribution in [0.1, 0.15) is 12.8 Å². The number of nitrogens with zero attached hydrogens (tertiary/aromatic N) is 5. The molecule has 0 aliphatic heterocycles. The molecule has 1 aromatic carbocycles. The molecule has 2 aromatic heterocycles. The number of aromatic nitrogens is 5. The highest BCUT2D eigenvalue weighted by Gasteiger charge is 2.32. The number of pyridine rings is 1. The molecule has 1 saturated carbocycles. The van der Waals surface area contributed by atoms with Gasteiger partial charge in [-0.25, -0.2) is 9.37 Å². The lowest BCUT2D eigenvalue weighted by atomic mass is 10.2. The predicted octanol–water partition coefficient (Wildman–Crippen LogP) is 2.56. The monoisotopic (exact) mass is 418 g/mol. The molecule has 11 heteroatoms. The molecule has 1 aliphatic carbocycles. The Morgan fingerprint density at radius 2 is 2.10 bits per heavy atom.